The fourth-order valence-corrected chi connectivity index (χ4v) is 3.65. The van der Waals surface area contributed by atoms with E-state index in [1.54, 1.807) is 48.4 Å². The van der Waals surface area contributed by atoms with Gasteiger partial charge in [0, 0.05) is 28.8 Å². The maximum atomic E-state index is 12.7. The Balaban J connectivity index is 1.35. The van der Waals surface area contributed by atoms with Crippen LogP contribution in [0.5, 0.6) is 17.2 Å². The van der Waals surface area contributed by atoms with Crippen LogP contribution in [0.2, 0.25) is 0 Å². The second-order valence-electron chi connectivity index (χ2n) is 7.17. The van der Waals surface area contributed by atoms with Gasteiger partial charge in [0.2, 0.25) is 11.8 Å². The SMILES string of the molecule is COc1ccc(N2C[C@@H](C(=O)Nc3ccc(Oc4ccc(Br)cc4)cc3)CC2=O)cc1. The number of carbonyl (C=O) groups is 2. The van der Waals surface area contributed by atoms with Crippen molar-refractivity contribution in [3.8, 4) is 17.2 Å². The normalized spacial score (nSPS) is 15.6. The second kappa shape index (κ2) is 9.22. The van der Waals surface area contributed by atoms with Gasteiger partial charge in [-0.3, -0.25) is 9.59 Å². The molecule has 1 atom stereocenters. The van der Waals surface area contributed by atoms with E-state index in [4.69, 9.17) is 9.47 Å². The molecule has 0 unspecified atom stereocenters. The number of carbonyl (C=O) groups excluding carboxylic acids is 2. The van der Waals surface area contributed by atoms with Gasteiger partial charge in [-0.05, 0) is 72.8 Å². The van der Waals surface area contributed by atoms with E-state index < -0.39 is 5.92 Å². The Morgan fingerprint density at radius 3 is 2.13 bits per heavy atom. The second-order valence-corrected chi connectivity index (χ2v) is 8.09. The van der Waals surface area contributed by atoms with E-state index in [1.807, 2.05) is 36.4 Å². The number of hydrogen-bond donors (Lipinski definition) is 1. The summed E-state index contributed by atoms with van der Waals surface area (Å²) in [5.74, 6) is 1.46. The number of ether oxygens (including phenoxy) is 2. The van der Waals surface area contributed by atoms with Crippen molar-refractivity contribution in [3.05, 3.63) is 77.3 Å². The van der Waals surface area contributed by atoms with Crippen molar-refractivity contribution in [1.82, 2.24) is 0 Å². The number of methoxy groups -OCH3 is 1. The lowest BCUT2D eigenvalue weighted by molar-refractivity contribution is -0.122. The average molecular weight is 481 g/mol. The minimum absolute atomic E-state index is 0.0661. The summed E-state index contributed by atoms with van der Waals surface area (Å²) in [5.41, 5.74) is 1.42. The molecule has 158 valence electrons. The highest BCUT2D eigenvalue weighted by molar-refractivity contribution is 9.10. The molecule has 0 radical (unpaired) electrons. The Bertz CT molecular complexity index is 1070. The molecule has 6 nitrogen and oxygen atoms in total. The summed E-state index contributed by atoms with van der Waals surface area (Å²) in [7, 11) is 1.59. The predicted octanol–water partition coefficient (Wildman–Crippen LogP) is 5.24. The highest BCUT2D eigenvalue weighted by atomic mass is 79.9. The van der Waals surface area contributed by atoms with Crippen LogP contribution in [0.3, 0.4) is 0 Å². The zero-order valence-corrected chi connectivity index (χ0v) is 18.5. The molecule has 0 bridgehead atoms. The fraction of sp³-hybridized carbons (Fsp3) is 0.167. The van der Waals surface area contributed by atoms with Crippen LogP contribution in [0.4, 0.5) is 11.4 Å². The number of halogens is 1. The van der Waals surface area contributed by atoms with Gasteiger partial charge in [-0.2, -0.15) is 0 Å². The first-order chi connectivity index (χ1) is 15.0. The lowest BCUT2D eigenvalue weighted by Crippen LogP contribution is -2.28. The smallest absolute Gasteiger partial charge is 0.229 e. The topological polar surface area (TPSA) is 67.9 Å². The van der Waals surface area contributed by atoms with Crippen molar-refractivity contribution in [3.63, 3.8) is 0 Å². The van der Waals surface area contributed by atoms with Crippen LogP contribution in [-0.4, -0.2) is 25.5 Å². The lowest BCUT2D eigenvalue weighted by Gasteiger charge is -2.17. The maximum absolute atomic E-state index is 12.7. The Hall–Kier alpha value is -3.32. The van der Waals surface area contributed by atoms with E-state index in [0.29, 0.717) is 18.0 Å². The highest BCUT2D eigenvalue weighted by Crippen LogP contribution is 2.28. The van der Waals surface area contributed by atoms with E-state index in [9.17, 15) is 9.59 Å². The minimum atomic E-state index is -0.409. The molecule has 0 aromatic heterocycles. The maximum Gasteiger partial charge on any atom is 0.229 e. The first-order valence-corrected chi connectivity index (χ1v) is 10.6. The Morgan fingerprint density at radius 2 is 1.52 bits per heavy atom. The highest BCUT2D eigenvalue weighted by Gasteiger charge is 2.35. The van der Waals surface area contributed by atoms with E-state index in [0.717, 1.165) is 21.7 Å². The molecule has 1 heterocycles. The summed E-state index contributed by atoms with van der Waals surface area (Å²) >= 11 is 3.39. The molecule has 0 aliphatic carbocycles. The van der Waals surface area contributed by atoms with Crippen molar-refractivity contribution in [2.45, 2.75) is 6.42 Å². The van der Waals surface area contributed by atoms with Crippen molar-refractivity contribution >= 4 is 39.1 Å². The summed E-state index contributed by atoms with van der Waals surface area (Å²) < 4.78 is 11.9. The first-order valence-electron chi connectivity index (χ1n) is 9.80. The van der Waals surface area contributed by atoms with Crippen LogP contribution in [0.1, 0.15) is 6.42 Å². The van der Waals surface area contributed by atoms with Crippen LogP contribution in [0, 0.1) is 5.92 Å². The number of hydrogen-bond acceptors (Lipinski definition) is 4. The van der Waals surface area contributed by atoms with Crippen molar-refractivity contribution in [2.24, 2.45) is 5.92 Å². The molecule has 3 aromatic carbocycles. The van der Waals surface area contributed by atoms with Gasteiger partial charge in [0.1, 0.15) is 17.2 Å². The summed E-state index contributed by atoms with van der Waals surface area (Å²) in [6, 6.07) is 21.9. The number of amides is 2. The summed E-state index contributed by atoms with van der Waals surface area (Å²) in [6.07, 6.45) is 0.183. The predicted molar refractivity (Wildman–Crippen MR) is 123 cm³/mol. The van der Waals surface area contributed by atoms with Gasteiger partial charge in [0.15, 0.2) is 0 Å². The van der Waals surface area contributed by atoms with E-state index in [1.165, 1.54) is 0 Å². The number of nitrogens with zero attached hydrogens (tertiary/aromatic N) is 1. The van der Waals surface area contributed by atoms with Crippen LogP contribution in [-0.2, 0) is 9.59 Å². The third-order valence-corrected chi connectivity index (χ3v) is 5.58. The first kappa shape index (κ1) is 20.9. The monoisotopic (exact) mass is 480 g/mol. The number of benzene rings is 3. The molecule has 0 spiro atoms. The van der Waals surface area contributed by atoms with Crippen molar-refractivity contribution in [1.29, 1.82) is 0 Å². The summed E-state index contributed by atoms with van der Waals surface area (Å²) in [6.45, 7) is 0.349. The van der Waals surface area contributed by atoms with Gasteiger partial charge in [-0.25, -0.2) is 0 Å². The molecule has 2 amide bonds. The van der Waals surface area contributed by atoms with Gasteiger partial charge >= 0.3 is 0 Å². The van der Waals surface area contributed by atoms with Gasteiger partial charge in [0.05, 0.1) is 13.0 Å². The molecule has 1 saturated heterocycles. The molecule has 7 heteroatoms. The van der Waals surface area contributed by atoms with Crippen LogP contribution < -0.4 is 19.7 Å². The molecule has 1 fully saturated rings. The molecular weight excluding hydrogens is 460 g/mol. The molecule has 3 aromatic rings. The average Bonchev–Trinajstić information content (AvgIpc) is 3.18. The molecule has 0 saturated carbocycles. The standard InChI is InChI=1S/C24H21BrN2O4/c1-30-20-12-6-19(7-13-20)27-15-16(14-23(27)28)24(29)26-18-4-10-22(11-5-18)31-21-8-2-17(25)3-9-21/h2-13,16H,14-15H2,1H3,(H,26,29)/t16-/m0/s1. The van der Waals surface area contributed by atoms with E-state index >= 15 is 0 Å². The van der Waals surface area contributed by atoms with E-state index in [-0.39, 0.29) is 18.2 Å². The lowest BCUT2D eigenvalue weighted by atomic mass is 10.1. The zero-order chi connectivity index (χ0) is 21.8. The third-order valence-electron chi connectivity index (χ3n) is 5.05. The molecular formula is C24H21BrN2O4. The van der Waals surface area contributed by atoms with Crippen LogP contribution in [0.15, 0.2) is 77.3 Å². The van der Waals surface area contributed by atoms with Crippen molar-refractivity contribution in [2.75, 3.05) is 23.9 Å². The van der Waals surface area contributed by atoms with Gasteiger partial charge in [-0.1, -0.05) is 15.9 Å². The van der Waals surface area contributed by atoms with E-state index in [2.05, 4.69) is 21.2 Å². The molecule has 1 aliphatic rings. The quantitative estimate of drug-likeness (QED) is 0.523. The van der Waals surface area contributed by atoms with Crippen LogP contribution >= 0.6 is 15.9 Å². The number of rotatable bonds is 6. The zero-order valence-electron chi connectivity index (χ0n) is 16.9. The Labute approximate surface area is 188 Å². The molecule has 31 heavy (non-hydrogen) atoms. The summed E-state index contributed by atoms with van der Waals surface area (Å²) in [4.78, 5) is 26.8. The molecule has 1 aliphatic heterocycles. The Kier molecular flexibility index (Phi) is 6.23. The summed E-state index contributed by atoms with van der Waals surface area (Å²) in [5, 5.41) is 2.89. The third kappa shape index (κ3) is 5.06. The number of nitrogens with one attached hydrogen (secondary N) is 1. The van der Waals surface area contributed by atoms with Gasteiger partial charge < -0.3 is 19.7 Å². The van der Waals surface area contributed by atoms with Gasteiger partial charge in [-0.15, -0.1) is 0 Å². The Morgan fingerprint density at radius 1 is 0.935 bits per heavy atom. The molecule has 4 rings (SSSR count). The number of anilines is 2. The van der Waals surface area contributed by atoms with Crippen molar-refractivity contribution < 1.29 is 19.1 Å². The van der Waals surface area contributed by atoms with Crippen LogP contribution in [0.25, 0.3) is 0 Å². The molecule has 1 N–H and O–H groups in total. The minimum Gasteiger partial charge on any atom is -0.497 e. The van der Waals surface area contributed by atoms with Gasteiger partial charge in [0.25, 0.3) is 0 Å². The largest absolute Gasteiger partial charge is 0.497 e. The fourth-order valence-electron chi connectivity index (χ4n) is 3.38.